The maximum absolute atomic E-state index is 15.0. The molecular formula is C43H80N8O8S4. The second-order valence-electron chi connectivity index (χ2n) is 16.3. The molecule has 1 unspecified atom stereocenters. The van der Waals surface area contributed by atoms with Crippen molar-refractivity contribution >= 4 is 40.1 Å². The first-order valence-corrected chi connectivity index (χ1v) is 29.6. The lowest BCUT2D eigenvalue weighted by Gasteiger charge is -2.38. The van der Waals surface area contributed by atoms with Crippen LogP contribution in [0.3, 0.4) is 0 Å². The highest BCUT2D eigenvalue weighted by Crippen LogP contribution is 2.40. The Labute approximate surface area is 383 Å². The third kappa shape index (κ3) is 24.6. The van der Waals surface area contributed by atoms with Crippen molar-refractivity contribution in [3.05, 3.63) is 0 Å². The second kappa shape index (κ2) is 36.8. The zero-order valence-electron chi connectivity index (χ0n) is 38.2. The number of nitrogens with zero attached hydrogens (tertiary/aromatic N) is 4. The van der Waals surface area contributed by atoms with Crippen molar-refractivity contribution in [1.29, 1.82) is 21.0 Å². The summed E-state index contributed by atoms with van der Waals surface area (Å²) < 4.78 is 124. The Kier molecular flexibility index (Phi) is 35.4. The van der Waals surface area contributed by atoms with Gasteiger partial charge in [-0.3, -0.25) is 0 Å². The minimum absolute atomic E-state index is 0.0382. The quantitative estimate of drug-likeness (QED) is 0.0420. The van der Waals surface area contributed by atoms with Crippen LogP contribution in [-0.4, -0.2) is 68.5 Å². The minimum atomic E-state index is -5.58. The summed E-state index contributed by atoms with van der Waals surface area (Å²) in [7, 11) is -21.7. The molecule has 0 rings (SSSR count). The van der Waals surface area contributed by atoms with E-state index in [1.165, 1.54) is 0 Å². The van der Waals surface area contributed by atoms with Crippen molar-refractivity contribution in [3.8, 4) is 24.3 Å². The van der Waals surface area contributed by atoms with E-state index >= 15 is 0 Å². The maximum Gasteiger partial charge on any atom is 0.330 e. The number of hydrogen-bond acceptors (Lipinski definition) is 12. The molecule has 0 aliphatic heterocycles. The topological polar surface area (TPSA) is 280 Å². The van der Waals surface area contributed by atoms with Crippen LogP contribution >= 0.6 is 0 Å². The van der Waals surface area contributed by atoms with Gasteiger partial charge in [0.15, 0.2) is 0 Å². The molecule has 0 spiro atoms. The third-order valence-corrected chi connectivity index (χ3v) is 22.2. The van der Waals surface area contributed by atoms with Gasteiger partial charge in [0.2, 0.25) is 10.0 Å². The molecule has 0 aliphatic carbocycles. The molecule has 0 radical (unpaired) electrons. The molecule has 0 aromatic carbocycles. The molecule has 20 heteroatoms. The maximum atomic E-state index is 15.0. The van der Waals surface area contributed by atoms with Gasteiger partial charge in [-0.25, -0.2) is 52.6 Å². The van der Waals surface area contributed by atoms with Crippen molar-refractivity contribution in [1.82, 2.24) is 18.9 Å². The Bertz CT molecular complexity index is 1670. The van der Waals surface area contributed by atoms with Gasteiger partial charge < -0.3 is 0 Å². The summed E-state index contributed by atoms with van der Waals surface area (Å²) in [6, 6.07) is 8.40. The molecule has 0 bridgehead atoms. The molecule has 0 saturated carbocycles. The predicted octanol–water partition coefficient (Wildman–Crippen LogP) is 8.28. The number of rotatable bonds is 45. The fraction of sp³-hybridized carbons (Fsp3) is 0.907. The summed E-state index contributed by atoms with van der Waals surface area (Å²) in [5, 5.41) is 32.7. The molecule has 16 nitrogen and oxygen atoms in total. The molecule has 0 amide bonds. The smallest absolute Gasteiger partial charge is 0.215 e. The number of hydrogen-bond donors (Lipinski definition) is 4. The molecule has 0 aromatic rings. The van der Waals surface area contributed by atoms with Gasteiger partial charge in [-0.05, 0) is 57.8 Å². The van der Waals surface area contributed by atoms with Crippen LogP contribution in [-0.2, 0) is 40.1 Å². The second-order valence-corrected chi connectivity index (χ2v) is 24.9. The van der Waals surface area contributed by atoms with Gasteiger partial charge >= 0.3 is 3.41 Å². The zero-order valence-corrected chi connectivity index (χ0v) is 41.5. The first-order chi connectivity index (χ1) is 30.2. The van der Waals surface area contributed by atoms with E-state index in [9.17, 15) is 33.7 Å². The average Bonchev–Trinajstić information content (AvgIpc) is 3.23. The van der Waals surface area contributed by atoms with Gasteiger partial charge in [-0.2, -0.15) is 21.0 Å². The van der Waals surface area contributed by atoms with E-state index in [1.807, 2.05) is 6.92 Å². The average molecular weight is 965 g/mol. The molecule has 0 saturated heterocycles. The van der Waals surface area contributed by atoms with Crippen molar-refractivity contribution in [2.75, 3.05) is 26.2 Å². The molecule has 364 valence electrons. The highest BCUT2D eigenvalue weighted by atomic mass is 32.3. The Balaban J connectivity index is 7.07. The van der Waals surface area contributed by atoms with Crippen LogP contribution < -0.4 is 18.9 Å². The minimum Gasteiger partial charge on any atom is -0.215 e. The van der Waals surface area contributed by atoms with Gasteiger partial charge in [0, 0.05) is 51.9 Å². The largest absolute Gasteiger partial charge is 0.330 e. The molecule has 1 atom stereocenters. The number of unbranched alkanes of at least 4 members (excludes halogenated alkanes) is 26. The summed E-state index contributed by atoms with van der Waals surface area (Å²) in [4.78, 5) is 0. The standard InChI is InChI=1S/C43H80N8O8S4/c1-2-3-24-33-42(60(52,53)48-38-29-20-12-4-8-16-25-34-44)43(61(54,55)49-39-30-21-13-5-9-17-26-35-45,62(56,57)50-40-31-22-14-6-10-18-27-36-46)63(58,59)51-41-32-23-15-7-11-19-28-37-47/h42,48-51H,2-33,38-41H2,1H3. The third-order valence-electron chi connectivity index (χ3n) is 11.0. The molecule has 63 heavy (non-hydrogen) atoms. The van der Waals surface area contributed by atoms with Crippen molar-refractivity contribution in [2.45, 2.75) is 221 Å². The molecular weight excluding hydrogens is 885 g/mol. The van der Waals surface area contributed by atoms with Gasteiger partial charge in [-0.1, -0.05) is 129 Å². The first kappa shape index (κ1) is 60.6. The summed E-state index contributed by atoms with van der Waals surface area (Å²) >= 11 is 0. The van der Waals surface area contributed by atoms with Crippen molar-refractivity contribution in [3.63, 3.8) is 0 Å². The number of nitrogens with one attached hydrogen (secondary N) is 4. The van der Waals surface area contributed by atoms with Crippen LogP contribution in [0.2, 0.25) is 0 Å². The number of nitriles is 4. The van der Waals surface area contributed by atoms with Gasteiger partial charge in [-0.15, -0.1) is 0 Å². The molecule has 0 aliphatic rings. The van der Waals surface area contributed by atoms with Crippen LogP contribution in [0.4, 0.5) is 0 Å². The van der Waals surface area contributed by atoms with Crippen LogP contribution in [0, 0.1) is 45.3 Å². The Morgan fingerprint density at radius 1 is 0.365 bits per heavy atom. The lowest BCUT2D eigenvalue weighted by molar-refractivity contribution is 0.490. The fourth-order valence-corrected chi connectivity index (χ4v) is 19.0. The zero-order chi connectivity index (χ0) is 47.2. The Hall–Kier alpha value is -2.40. The van der Waals surface area contributed by atoms with Crippen LogP contribution in [0.15, 0.2) is 0 Å². The molecule has 0 heterocycles. The van der Waals surface area contributed by atoms with Crippen LogP contribution in [0.1, 0.15) is 212 Å². The molecule has 0 fully saturated rings. The molecule has 0 aromatic heterocycles. The lowest BCUT2D eigenvalue weighted by atomic mass is 10.1. The van der Waals surface area contributed by atoms with E-state index in [2.05, 4.69) is 43.2 Å². The highest BCUT2D eigenvalue weighted by Gasteiger charge is 2.72. The Morgan fingerprint density at radius 2 is 0.619 bits per heavy atom. The van der Waals surface area contributed by atoms with Crippen LogP contribution in [0.25, 0.3) is 0 Å². The van der Waals surface area contributed by atoms with Gasteiger partial charge in [0.1, 0.15) is 5.25 Å². The van der Waals surface area contributed by atoms with E-state index in [1.54, 1.807) is 0 Å². The van der Waals surface area contributed by atoms with Crippen LogP contribution in [0.5, 0.6) is 0 Å². The number of sulfonamides is 4. The Morgan fingerprint density at radius 3 is 0.889 bits per heavy atom. The van der Waals surface area contributed by atoms with Gasteiger partial charge in [0.25, 0.3) is 30.1 Å². The summed E-state index contributed by atoms with van der Waals surface area (Å²) in [6.07, 6.45) is 17.7. The summed E-state index contributed by atoms with van der Waals surface area (Å²) in [5.41, 5.74) is 0. The predicted molar refractivity (Wildman–Crippen MR) is 250 cm³/mol. The molecule has 4 N–H and O–H groups in total. The monoisotopic (exact) mass is 964 g/mol. The van der Waals surface area contributed by atoms with Crippen molar-refractivity contribution < 1.29 is 33.7 Å². The summed E-state index contributed by atoms with van der Waals surface area (Å²) in [6.45, 7) is 0.699. The highest BCUT2D eigenvalue weighted by molar-refractivity contribution is 8.25. The SMILES string of the molecule is CCCCCC(C(S(=O)(=O)NCCCCCCCCC#N)(S(=O)(=O)NCCCCCCCCC#N)S(=O)(=O)NCCCCCCCCC#N)S(=O)(=O)NCCCCCCCCC#N. The van der Waals surface area contributed by atoms with E-state index in [-0.39, 0.29) is 51.9 Å². The van der Waals surface area contributed by atoms with E-state index in [0.717, 1.165) is 83.5 Å². The van der Waals surface area contributed by atoms with Gasteiger partial charge in [0.05, 0.1) is 24.3 Å². The summed E-state index contributed by atoms with van der Waals surface area (Å²) in [5.74, 6) is 0. The fourth-order valence-electron chi connectivity index (χ4n) is 7.44. The van der Waals surface area contributed by atoms with Crippen molar-refractivity contribution in [2.24, 2.45) is 0 Å². The normalized spacial score (nSPS) is 12.9. The van der Waals surface area contributed by atoms with E-state index < -0.39 is 55.2 Å². The lowest BCUT2D eigenvalue weighted by Crippen LogP contribution is -2.71. The van der Waals surface area contributed by atoms with E-state index in [0.29, 0.717) is 89.9 Å². The first-order valence-electron chi connectivity index (χ1n) is 23.6. The van der Waals surface area contributed by atoms with E-state index in [4.69, 9.17) is 21.0 Å².